The molecule has 1 unspecified atom stereocenters. The number of anilines is 1. The highest BCUT2D eigenvalue weighted by atomic mass is 32.2. The summed E-state index contributed by atoms with van der Waals surface area (Å²) in [6, 6.07) is 12.0. The van der Waals surface area contributed by atoms with E-state index in [9.17, 15) is 4.79 Å². The summed E-state index contributed by atoms with van der Waals surface area (Å²) in [5.74, 6) is 1.43. The maximum Gasteiger partial charge on any atom is 0.233 e. The first-order valence-electron chi connectivity index (χ1n) is 9.62. The van der Waals surface area contributed by atoms with Crippen molar-refractivity contribution in [2.45, 2.75) is 42.9 Å². The molecular formula is C21H28N4O2S. The van der Waals surface area contributed by atoms with Gasteiger partial charge >= 0.3 is 0 Å². The van der Waals surface area contributed by atoms with E-state index < -0.39 is 0 Å². The first-order chi connectivity index (χ1) is 13.4. The molecule has 150 valence electrons. The van der Waals surface area contributed by atoms with Gasteiger partial charge in [0, 0.05) is 43.3 Å². The van der Waals surface area contributed by atoms with Crippen molar-refractivity contribution in [3.8, 4) is 5.88 Å². The lowest BCUT2D eigenvalue weighted by molar-refractivity contribution is -0.129. The zero-order valence-electron chi connectivity index (χ0n) is 17.0. The molecule has 1 aromatic carbocycles. The van der Waals surface area contributed by atoms with Gasteiger partial charge < -0.3 is 14.5 Å². The average molecular weight is 401 g/mol. The van der Waals surface area contributed by atoms with Crippen LogP contribution < -0.4 is 9.64 Å². The van der Waals surface area contributed by atoms with Gasteiger partial charge in [-0.2, -0.15) is 0 Å². The highest BCUT2D eigenvalue weighted by Gasteiger charge is 2.28. The molecule has 1 aliphatic heterocycles. The first-order valence-corrected chi connectivity index (χ1v) is 10.5. The predicted octanol–water partition coefficient (Wildman–Crippen LogP) is 3.27. The normalized spacial score (nSPS) is 16.5. The fourth-order valence-electron chi connectivity index (χ4n) is 3.08. The Morgan fingerprint density at radius 1 is 1.21 bits per heavy atom. The van der Waals surface area contributed by atoms with E-state index in [2.05, 4.69) is 48.3 Å². The molecule has 0 N–H and O–H groups in total. The molecule has 2 aromatic rings. The topological polar surface area (TPSA) is 58.6 Å². The lowest BCUT2D eigenvalue weighted by Gasteiger charge is -2.17. The van der Waals surface area contributed by atoms with Crippen LogP contribution >= 0.6 is 11.8 Å². The monoisotopic (exact) mass is 400 g/mol. The van der Waals surface area contributed by atoms with Crippen LogP contribution in [0.25, 0.3) is 0 Å². The van der Waals surface area contributed by atoms with Crippen LogP contribution in [0.1, 0.15) is 25.8 Å². The number of carbonyl (C=O) groups is 1. The molecule has 2 heterocycles. The molecule has 1 aliphatic rings. The second kappa shape index (κ2) is 9.28. The summed E-state index contributed by atoms with van der Waals surface area (Å²) in [6.07, 6.45) is 1.21. The molecule has 28 heavy (non-hydrogen) atoms. The first kappa shape index (κ1) is 20.5. The number of hydrogen-bond acceptors (Lipinski definition) is 6. The molecule has 0 saturated carbocycles. The molecule has 1 amide bonds. The van der Waals surface area contributed by atoms with Crippen molar-refractivity contribution < 1.29 is 9.53 Å². The Hall–Kier alpha value is -2.28. The van der Waals surface area contributed by atoms with Crippen molar-refractivity contribution in [3.05, 3.63) is 42.0 Å². The molecule has 1 fully saturated rings. The highest BCUT2D eigenvalue weighted by molar-refractivity contribution is 7.99. The number of likely N-dealkylation sites (tertiary alicyclic amines) is 1. The molecular weight excluding hydrogens is 372 g/mol. The SMILES string of the molecule is CC(C)Sc1ccc(CC(=O)N2CCC(Oc3ccc(N(C)C)nn3)C2)cc1. The summed E-state index contributed by atoms with van der Waals surface area (Å²) >= 11 is 1.83. The minimum atomic E-state index is -0.0340. The van der Waals surface area contributed by atoms with Gasteiger partial charge in [-0.25, -0.2) is 0 Å². The molecule has 3 rings (SSSR count). The fraction of sp³-hybridized carbons (Fsp3) is 0.476. The quantitative estimate of drug-likeness (QED) is 0.665. The highest BCUT2D eigenvalue weighted by Crippen LogP contribution is 2.23. The lowest BCUT2D eigenvalue weighted by atomic mass is 10.1. The van der Waals surface area contributed by atoms with Crippen LogP contribution in [0.15, 0.2) is 41.3 Å². The third kappa shape index (κ3) is 5.61. The van der Waals surface area contributed by atoms with Crippen LogP contribution in [0.4, 0.5) is 5.82 Å². The second-order valence-electron chi connectivity index (χ2n) is 7.48. The third-order valence-corrected chi connectivity index (χ3v) is 5.54. The van der Waals surface area contributed by atoms with Crippen molar-refractivity contribution in [1.29, 1.82) is 0 Å². The maximum absolute atomic E-state index is 12.6. The predicted molar refractivity (Wildman–Crippen MR) is 113 cm³/mol. The second-order valence-corrected chi connectivity index (χ2v) is 9.13. The van der Waals surface area contributed by atoms with Crippen molar-refractivity contribution in [3.63, 3.8) is 0 Å². The lowest BCUT2D eigenvalue weighted by Crippen LogP contribution is -2.32. The molecule has 7 heteroatoms. The number of ether oxygens (including phenoxy) is 1. The van der Waals surface area contributed by atoms with Gasteiger partial charge in [0.05, 0.1) is 13.0 Å². The van der Waals surface area contributed by atoms with Gasteiger partial charge in [-0.1, -0.05) is 26.0 Å². The molecule has 6 nitrogen and oxygen atoms in total. The van der Waals surface area contributed by atoms with Gasteiger partial charge in [0.2, 0.25) is 11.8 Å². The number of thioether (sulfide) groups is 1. The van der Waals surface area contributed by atoms with Crippen LogP contribution in [-0.4, -0.2) is 59.5 Å². The smallest absolute Gasteiger partial charge is 0.233 e. The Labute approximate surface area is 171 Å². The fourth-order valence-corrected chi connectivity index (χ4v) is 3.92. The van der Waals surface area contributed by atoms with Crippen molar-refractivity contribution in [1.82, 2.24) is 15.1 Å². The number of rotatable bonds is 7. The average Bonchev–Trinajstić information content (AvgIpc) is 3.12. The van der Waals surface area contributed by atoms with Gasteiger partial charge in [0.15, 0.2) is 5.82 Å². The largest absolute Gasteiger partial charge is 0.471 e. The molecule has 0 radical (unpaired) electrons. The van der Waals surface area contributed by atoms with Crippen LogP contribution in [0, 0.1) is 0 Å². The number of hydrogen-bond donors (Lipinski definition) is 0. The molecule has 1 saturated heterocycles. The zero-order chi connectivity index (χ0) is 20.1. The van der Waals surface area contributed by atoms with Crippen molar-refractivity contribution in [2.24, 2.45) is 0 Å². The summed E-state index contributed by atoms with van der Waals surface area (Å²) in [5.41, 5.74) is 1.05. The number of aromatic nitrogens is 2. The Morgan fingerprint density at radius 2 is 1.96 bits per heavy atom. The van der Waals surface area contributed by atoms with Gasteiger partial charge in [0.1, 0.15) is 6.10 Å². The van der Waals surface area contributed by atoms with Crippen molar-refractivity contribution >= 4 is 23.5 Å². The molecule has 0 spiro atoms. The summed E-state index contributed by atoms with van der Waals surface area (Å²) in [5, 5.41) is 8.79. The van der Waals surface area contributed by atoms with E-state index in [1.165, 1.54) is 4.90 Å². The van der Waals surface area contributed by atoms with Crippen LogP contribution in [0.5, 0.6) is 5.88 Å². The summed E-state index contributed by atoms with van der Waals surface area (Å²) in [7, 11) is 3.84. The summed E-state index contributed by atoms with van der Waals surface area (Å²) in [4.78, 5) is 17.6. The number of amides is 1. The van der Waals surface area contributed by atoms with Crippen LogP contribution in [-0.2, 0) is 11.2 Å². The molecule has 1 aromatic heterocycles. The van der Waals surface area contributed by atoms with Gasteiger partial charge in [-0.15, -0.1) is 22.0 Å². The third-order valence-electron chi connectivity index (χ3n) is 4.52. The standard InChI is InChI=1S/C21H28N4O2S/c1-15(2)28-18-7-5-16(6-8-18)13-21(26)25-12-11-17(14-25)27-20-10-9-19(22-23-20)24(3)4/h5-10,15,17H,11-14H2,1-4H3. The summed E-state index contributed by atoms with van der Waals surface area (Å²) in [6.45, 7) is 5.66. The Kier molecular flexibility index (Phi) is 6.78. The minimum absolute atomic E-state index is 0.0340. The van der Waals surface area contributed by atoms with Crippen LogP contribution in [0.3, 0.4) is 0 Å². The van der Waals surface area contributed by atoms with Crippen LogP contribution in [0.2, 0.25) is 0 Å². The number of nitrogens with zero attached hydrogens (tertiary/aromatic N) is 4. The molecule has 0 bridgehead atoms. The number of carbonyl (C=O) groups excluding carboxylic acids is 1. The van der Waals surface area contributed by atoms with E-state index in [4.69, 9.17) is 4.74 Å². The van der Waals surface area contributed by atoms with E-state index in [-0.39, 0.29) is 12.0 Å². The maximum atomic E-state index is 12.6. The molecule has 1 atom stereocenters. The molecule has 0 aliphatic carbocycles. The van der Waals surface area contributed by atoms with E-state index >= 15 is 0 Å². The summed E-state index contributed by atoms with van der Waals surface area (Å²) < 4.78 is 5.90. The van der Waals surface area contributed by atoms with E-state index in [0.29, 0.717) is 30.6 Å². The minimum Gasteiger partial charge on any atom is -0.471 e. The Morgan fingerprint density at radius 3 is 2.57 bits per heavy atom. The number of benzene rings is 1. The van der Waals surface area contributed by atoms with Crippen molar-refractivity contribution in [2.75, 3.05) is 32.1 Å². The van der Waals surface area contributed by atoms with E-state index in [0.717, 1.165) is 17.8 Å². The zero-order valence-corrected chi connectivity index (χ0v) is 17.8. The van der Waals surface area contributed by atoms with Gasteiger partial charge in [0.25, 0.3) is 0 Å². The van der Waals surface area contributed by atoms with E-state index in [1.54, 1.807) is 0 Å². The Bertz CT molecular complexity index is 778. The van der Waals surface area contributed by atoms with Gasteiger partial charge in [-0.3, -0.25) is 4.79 Å². The van der Waals surface area contributed by atoms with E-state index in [1.807, 2.05) is 47.8 Å². The Balaban J connectivity index is 1.49. The van der Waals surface area contributed by atoms with Gasteiger partial charge in [-0.05, 0) is 23.8 Å².